The van der Waals surface area contributed by atoms with Crippen molar-refractivity contribution in [3.63, 3.8) is 0 Å². The van der Waals surface area contributed by atoms with Crippen molar-refractivity contribution in [3.8, 4) is 45.4 Å². The molecule has 0 aliphatic rings. The minimum absolute atomic E-state index is 0.0536. The molecular weight excluding hydrogens is 593 g/mol. The van der Waals surface area contributed by atoms with Gasteiger partial charge in [-0.05, 0) is 14.1 Å². The van der Waals surface area contributed by atoms with Gasteiger partial charge in [-0.25, -0.2) is 9.97 Å². The maximum absolute atomic E-state index is 10.5. The number of hydrogen-bond acceptors (Lipinski definition) is 11. The molecule has 11 nitrogen and oxygen atoms in total. The van der Waals surface area contributed by atoms with E-state index in [1.54, 1.807) is 26.6 Å². The van der Waals surface area contributed by atoms with Crippen LogP contribution in [0.5, 0.6) is 11.8 Å². The van der Waals surface area contributed by atoms with E-state index in [2.05, 4.69) is 35.9 Å². The van der Waals surface area contributed by atoms with E-state index in [0.717, 1.165) is 11.1 Å². The fraction of sp³-hybridized carbons (Fsp3) is 0.300. The molecule has 1 unspecified atom stereocenters. The van der Waals surface area contributed by atoms with Crippen molar-refractivity contribution >= 4 is 29.7 Å². The number of carbonyl (C=O) groups excluding carboxylic acids is 1. The number of nitrogens with one attached hydrogen (secondary N) is 3. The van der Waals surface area contributed by atoms with E-state index in [9.17, 15) is 4.79 Å². The summed E-state index contributed by atoms with van der Waals surface area (Å²) >= 11 is 13.9. The molecule has 1 atom stereocenters. The Kier molecular flexibility index (Phi) is 11.6. The van der Waals surface area contributed by atoms with E-state index in [1.807, 2.05) is 43.4 Å². The number of carbonyl (C=O) groups is 1. The molecule has 0 amide bonds. The number of aromatic nitrogens is 4. The number of nitrogens with zero attached hydrogens (tertiary/aromatic N) is 4. The van der Waals surface area contributed by atoms with E-state index in [4.69, 9.17) is 37.4 Å². The number of benzene rings is 2. The monoisotopic (exact) mass is 625 g/mol. The van der Waals surface area contributed by atoms with Gasteiger partial charge in [0, 0.05) is 41.9 Å². The zero-order valence-corrected chi connectivity index (χ0v) is 25.8. The lowest BCUT2D eigenvalue weighted by Gasteiger charge is -2.16. The first-order valence-electron chi connectivity index (χ1n) is 13.4. The van der Waals surface area contributed by atoms with Crippen LogP contribution < -0.4 is 25.4 Å². The molecule has 0 spiro atoms. The average Bonchev–Trinajstić information content (AvgIpc) is 3.03. The van der Waals surface area contributed by atoms with Crippen LogP contribution in [0.4, 0.5) is 0 Å². The highest BCUT2D eigenvalue weighted by molar-refractivity contribution is 6.39. The maximum atomic E-state index is 10.5. The predicted octanol–water partition coefficient (Wildman–Crippen LogP) is 4.16. The summed E-state index contributed by atoms with van der Waals surface area (Å²) in [5, 5.41) is 10.4. The van der Waals surface area contributed by atoms with Gasteiger partial charge in [-0.15, -0.1) is 0 Å². The Balaban J connectivity index is 1.62. The SMILES string of the molecule is CNCc1ncc(-c2cccc(-c3cccc(-c4cnc(CNCC(COC=O)NC)c(OC)n4)c3Cl)c2Cl)nc1OC. The third-order valence-corrected chi connectivity index (χ3v) is 7.46. The highest BCUT2D eigenvalue weighted by Gasteiger charge is 2.19. The quantitative estimate of drug-likeness (QED) is 0.164. The summed E-state index contributed by atoms with van der Waals surface area (Å²) in [4.78, 5) is 28.9. The summed E-state index contributed by atoms with van der Waals surface area (Å²) in [6, 6.07) is 11.3. The topological polar surface area (TPSA) is 132 Å². The van der Waals surface area contributed by atoms with Crippen LogP contribution in [0.1, 0.15) is 11.4 Å². The maximum Gasteiger partial charge on any atom is 0.293 e. The fourth-order valence-corrected chi connectivity index (χ4v) is 5.08. The van der Waals surface area contributed by atoms with Crippen molar-refractivity contribution in [1.82, 2.24) is 35.9 Å². The summed E-state index contributed by atoms with van der Waals surface area (Å²) in [5.74, 6) is 0.791. The number of halogens is 2. The summed E-state index contributed by atoms with van der Waals surface area (Å²) in [7, 11) is 6.73. The summed E-state index contributed by atoms with van der Waals surface area (Å²) in [5.41, 5.74) is 5.25. The molecule has 0 saturated carbocycles. The van der Waals surface area contributed by atoms with Crippen molar-refractivity contribution in [2.45, 2.75) is 19.1 Å². The first kappa shape index (κ1) is 32.1. The number of likely N-dealkylation sites (N-methyl/N-ethyl adjacent to an activating group) is 1. The average molecular weight is 627 g/mol. The van der Waals surface area contributed by atoms with Crippen molar-refractivity contribution in [3.05, 3.63) is 70.2 Å². The number of hydrogen-bond donors (Lipinski definition) is 3. The van der Waals surface area contributed by atoms with Crippen LogP contribution in [0, 0.1) is 0 Å². The standard InChI is InChI=1S/C30H33Cl2N7O4/c1-33-12-25-29(41-3)38-23(14-36-25)21-9-5-7-19(27(21)31)20-8-6-10-22(28(20)32)24-15-37-26(30(39-24)42-4)13-35-11-18(34-2)16-43-17-40/h5-10,14-15,17-18,33-35H,11-13,16H2,1-4H3. The Labute approximate surface area is 260 Å². The van der Waals surface area contributed by atoms with Crippen molar-refractivity contribution in [2.24, 2.45) is 0 Å². The molecule has 4 aromatic rings. The minimum Gasteiger partial charge on any atom is -0.480 e. The van der Waals surface area contributed by atoms with Gasteiger partial charge in [-0.1, -0.05) is 59.6 Å². The number of rotatable bonds is 15. The molecule has 226 valence electrons. The van der Waals surface area contributed by atoms with Gasteiger partial charge in [-0.3, -0.25) is 14.8 Å². The molecule has 0 fully saturated rings. The molecule has 0 bridgehead atoms. The predicted molar refractivity (Wildman–Crippen MR) is 166 cm³/mol. The highest BCUT2D eigenvalue weighted by Crippen LogP contribution is 2.42. The van der Waals surface area contributed by atoms with E-state index in [1.165, 1.54) is 7.11 Å². The zero-order chi connectivity index (χ0) is 30.8. The molecule has 3 N–H and O–H groups in total. The lowest BCUT2D eigenvalue weighted by atomic mass is 9.98. The van der Waals surface area contributed by atoms with Crippen molar-refractivity contribution < 1.29 is 19.0 Å². The van der Waals surface area contributed by atoms with Gasteiger partial charge >= 0.3 is 0 Å². The Morgan fingerprint density at radius 2 is 1.33 bits per heavy atom. The molecule has 4 rings (SSSR count). The molecule has 0 aliphatic heterocycles. The van der Waals surface area contributed by atoms with Crippen LogP contribution in [0.15, 0.2) is 48.8 Å². The summed E-state index contributed by atoms with van der Waals surface area (Å²) < 4.78 is 15.8. The van der Waals surface area contributed by atoms with Gasteiger partial charge in [0.2, 0.25) is 11.8 Å². The minimum atomic E-state index is -0.0536. The molecule has 2 aromatic heterocycles. The number of ether oxygens (including phenoxy) is 3. The zero-order valence-electron chi connectivity index (χ0n) is 24.3. The van der Waals surface area contributed by atoms with E-state index in [0.29, 0.717) is 81.8 Å². The molecule has 43 heavy (non-hydrogen) atoms. The van der Waals surface area contributed by atoms with Crippen LogP contribution in [-0.2, 0) is 22.6 Å². The summed E-state index contributed by atoms with van der Waals surface area (Å²) in [6.45, 7) is 2.14. The van der Waals surface area contributed by atoms with Crippen molar-refractivity contribution in [2.75, 3.05) is 41.5 Å². The largest absolute Gasteiger partial charge is 0.480 e. The molecule has 0 radical (unpaired) electrons. The molecule has 2 aromatic carbocycles. The van der Waals surface area contributed by atoms with E-state index >= 15 is 0 Å². The lowest BCUT2D eigenvalue weighted by molar-refractivity contribution is -0.129. The van der Waals surface area contributed by atoms with Crippen molar-refractivity contribution in [1.29, 1.82) is 0 Å². The molecule has 0 saturated heterocycles. The van der Waals surface area contributed by atoms with Gasteiger partial charge in [0.05, 0.1) is 54.1 Å². The third kappa shape index (κ3) is 7.56. The summed E-state index contributed by atoms with van der Waals surface area (Å²) in [6.07, 6.45) is 3.33. The second-order valence-electron chi connectivity index (χ2n) is 9.33. The Hall–Kier alpha value is -3.87. The number of methoxy groups -OCH3 is 2. The molecule has 0 aliphatic carbocycles. The normalized spacial score (nSPS) is 11.7. The Bertz CT molecular complexity index is 1560. The lowest BCUT2D eigenvalue weighted by Crippen LogP contribution is -2.39. The van der Waals surface area contributed by atoms with Gasteiger partial charge < -0.3 is 30.2 Å². The van der Waals surface area contributed by atoms with Crippen LogP contribution in [0.3, 0.4) is 0 Å². The smallest absolute Gasteiger partial charge is 0.293 e. The van der Waals surface area contributed by atoms with E-state index < -0.39 is 0 Å². The van der Waals surface area contributed by atoms with Gasteiger partial charge in [-0.2, -0.15) is 0 Å². The highest BCUT2D eigenvalue weighted by atomic mass is 35.5. The van der Waals surface area contributed by atoms with Crippen LogP contribution >= 0.6 is 23.2 Å². The van der Waals surface area contributed by atoms with Crippen LogP contribution in [-0.4, -0.2) is 73.9 Å². The second-order valence-corrected chi connectivity index (χ2v) is 10.1. The fourth-order valence-electron chi connectivity index (χ4n) is 4.43. The first-order valence-corrected chi connectivity index (χ1v) is 14.2. The van der Waals surface area contributed by atoms with Crippen LogP contribution in [0.2, 0.25) is 10.0 Å². The molecule has 13 heteroatoms. The third-order valence-electron chi connectivity index (χ3n) is 6.65. The first-order chi connectivity index (χ1) is 20.9. The second kappa shape index (κ2) is 15.6. The van der Waals surface area contributed by atoms with Gasteiger partial charge in [0.15, 0.2) is 0 Å². The Morgan fingerprint density at radius 1 is 0.814 bits per heavy atom. The van der Waals surface area contributed by atoms with Crippen LogP contribution in [0.25, 0.3) is 33.6 Å². The van der Waals surface area contributed by atoms with Gasteiger partial charge in [0.25, 0.3) is 6.47 Å². The van der Waals surface area contributed by atoms with Gasteiger partial charge in [0.1, 0.15) is 18.0 Å². The molecular formula is C30H33Cl2N7O4. The van der Waals surface area contributed by atoms with E-state index in [-0.39, 0.29) is 12.6 Å². The molecule has 2 heterocycles. The Morgan fingerprint density at radius 3 is 1.79 bits per heavy atom.